The maximum atomic E-state index is 12.2. The van der Waals surface area contributed by atoms with Crippen LogP contribution in [0.15, 0.2) is 70.2 Å². The summed E-state index contributed by atoms with van der Waals surface area (Å²) in [7, 11) is 0. The zero-order valence-electron chi connectivity index (χ0n) is 16.6. The fourth-order valence-electron chi connectivity index (χ4n) is 2.65. The van der Waals surface area contributed by atoms with Gasteiger partial charge in [-0.1, -0.05) is 39.7 Å². The Bertz CT molecular complexity index is 1090. The number of nitrogens with zero attached hydrogens (tertiary/aromatic N) is 1. The third-order valence-corrected chi connectivity index (χ3v) is 4.90. The van der Waals surface area contributed by atoms with Crippen LogP contribution in [-0.2, 0) is 6.61 Å². The molecule has 0 atom stereocenters. The molecule has 1 amide bonds. The van der Waals surface area contributed by atoms with Gasteiger partial charge in [0.15, 0.2) is 11.5 Å². The van der Waals surface area contributed by atoms with E-state index in [1.165, 1.54) is 18.3 Å². The number of hydrogen-bond donors (Lipinski definition) is 2. The van der Waals surface area contributed by atoms with Gasteiger partial charge in [-0.25, -0.2) is 5.43 Å². The van der Waals surface area contributed by atoms with E-state index >= 15 is 0 Å². The van der Waals surface area contributed by atoms with Crippen LogP contribution >= 0.6 is 27.5 Å². The molecule has 0 aromatic heterocycles. The third kappa shape index (κ3) is 6.47. The SMILES string of the molecule is CCOc1cc(/C=N\NC(=O)c2cc(Br)ccc2O)ccc1OCc1ccc(Cl)cc1. The number of ether oxygens (including phenoxy) is 2. The van der Waals surface area contributed by atoms with Gasteiger partial charge in [-0.2, -0.15) is 5.10 Å². The number of aromatic hydroxyl groups is 1. The second-order valence-corrected chi connectivity index (χ2v) is 7.77. The van der Waals surface area contributed by atoms with Crippen molar-refractivity contribution in [1.29, 1.82) is 0 Å². The zero-order valence-corrected chi connectivity index (χ0v) is 19.0. The van der Waals surface area contributed by atoms with Crippen molar-refractivity contribution in [2.75, 3.05) is 6.61 Å². The molecule has 0 aliphatic heterocycles. The number of phenolic OH excluding ortho intramolecular Hbond substituents is 1. The van der Waals surface area contributed by atoms with Gasteiger partial charge in [0.1, 0.15) is 12.4 Å². The number of amides is 1. The molecule has 0 aliphatic carbocycles. The highest BCUT2D eigenvalue weighted by molar-refractivity contribution is 9.10. The minimum Gasteiger partial charge on any atom is -0.507 e. The van der Waals surface area contributed by atoms with Crippen LogP contribution < -0.4 is 14.9 Å². The Balaban J connectivity index is 1.67. The van der Waals surface area contributed by atoms with Crippen LogP contribution in [0.3, 0.4) is 0 Å². The first kappa shape index (κ1) is 22.7. The molecule has 3 aromatic carbocycles. The molecule has 3 aromatic rings. The summed E-state index contributed by atoms with van der Waals surface area (Å²) in [5, 5.41) is 14.5. The van der Waals surface area contributed by atoms with Crippen molar-refractivity contribution < 1.29 is 19.4 Å². The Morgan fingerprint density at radius 2 is 1.87 bits per heavy atom. The van der Waals surface area contributed by atoms with Gasteiger partial charge in [-0.05, 0) is 66.6 Å². The van der Waals surface area contributed by atoms with E-state index in [9.17, 15) is 9.90 Å². The van der Waals surface area contributed by atoms with Crippen LogP contribution in [0.2, 0.25) is 5.02 Å². The molecule has 8 heteroatoms. The lowest BCUT2D eigenvalue weighted by molar-refractivity contribution is 0.0952. The normalized spacial score (nSPS) is 10.8. The van der Waals surface area contributed by atoms with Crippen molar-refractivity contribution in [2.45, 2.75) is 13.5 Å². The topological polar surface area (TPSA) is 80.2 Å². The van der Waals surface area contributed by atoms with Gasteiger partial charge >= 0.3 is 0 Å². The van der Waals surface area contributed by atoms with Gasteiger partial charge in [0.2, 0.25) is 0 Å². The lowest BCUT2D eigenvalue weighted by Gasteiger charge is -2.12. The van der Waals surface area contributed by atoms with E-state index in [4.69, 9.17) is 21.1 Å². The molecular weight excluding hydrogens is 484 g/mol. The predicted molar refractivity (Wildman–Crippen MR) is 124 cm³/mol. The first-order chi connectivity index (χ1) is 15.0. The van der Waals surface area contributed by atoms with Crippen LogP contribution in [0.1, 0.15) is 28.4 Å². The quantitative estimate of drug-likeness (QED) is 0.312. The number of benzene rings is 3. The van der Waals surface area contributed by atoms with E-state index in [0.717, 1.165) is 5.56 Å². The average molecular weight is 504 g/mol. The van der Waals surface area contributed by atoms with Gasteiger partial charge in [0.25, 0.3) is 5.91 Å². The minimum absolute atomic E-state index is 0.118. The van der Waals surface area contributed by atoms with Gasteiger partial charge in [-0.15, -0.1) is 0 Å². The van der Waals surface area contributed by atoms with Gasteiger partial charge in [0, 0.05) is 9.50 Å². The second-order valence-electron chi connectivity index (χ2n) is 6.41. The summed E-state index contributed by atoms with van der Waals surface area (Å²) < 4.78 is 12.2. The number of hydrazone groups is 1. The van der Waals surface area contributed by atoms with Crippen molar-refractivity contribution in [3.05, 3.63) is 86.8 Å². The number of hydrogen-bond acceptors (Lipinski definition) is 5. The van der Waals surface area contributed by atoms with E-state index in [2.05, 4.69) is 26.5 Å². The number of carbonyl (C=O) groups excluding carboxylic acids is 1. The molecule has 2 N–H and O–H groups in total. The van der Waals surface area contributed by atoms with Crippen LogP contribution in [0.25, 0.3) is 0 Å². The van der Waals surface area contributed by atoms with Crippen molar-refractivity contribution >= 4 is 39.7 Å². The first-order valence-electron chi connectivity index (χ1n) is 9.42. The number of phenols is 1. The van der Waals surface area contributed by atoms with Crippen LogP contribution in [0.5, 0.6) is 17.2 Å². The fourth-order valence-corrected chi connectivity index (χ4v) is 3.14. The monoisotopic (exact) mass is 502 g/mol. The van der Waals surface area contributed by atoms with Crippen molar-refractivity contribution in [1.82, 2.24) is 5.43 Å². The van der Waals surface area contributed by atoms with Gasteiger partial charge in [0.05, 0.1) is 18.4 Å². The van der Waals surface area contributed by atoms with Crippen LogP contribution in [0, 0.1) is 0 Å². The Morgan fingerprint density at radius 3 is 2.61 bits per heavy atom. The Kier molecular flexibility index (Phi) is 7.92. The van der Waals surface area contributed by atoms with E-state index < -0.39 is 5.91 Å². The van der Waals surface area contributed by atoms with E-state index in [0.29, 0.717) is 39.8 Å². The lowest BCUT2D eigenvalue weighted by Crippen LogP contribution is -2.17. The average Bonchev–Trinajstić information content (AvgIpc) is 2.76. The Hall–Kier alpha value is -3.03. The van der Waals surface area contributed by atoms with Crippen molar-refractivity contribution in [2.24, 2.45) is 5.10 Å². The summed E-state index contributed by atoms with van der Waals surface area (Å²) in [6, 6.07) is 17.4. The fraction of sp³-hybridized carbons (Fsp3) is 0.130. The maximum Gasteiger partial charge on any atom is 0.275 e. The summed E-state index contributed by atoms with van der Waals surface area (Å²) in [5.74, 6) is 0.508. The molecule has 0 saturated carbocycles. The Morgan fingerprint density at radius 1 is 1.10 bits per heavy atom. The smallest absolute Gasteiger partial charge is 0.275 e. The summed E-state index contributed by atoms with van der Waals surface area (Å²) in [5.41, 5.74) is 4.21. The highest BCUT2D eigenvalue weighted by atomic mass is 79.9. The molecule has 3 rings (SSSR count). The maximum absolute atomic E-state index is 12.2. The predicted octanol–water partition coefficient (Wildman–Crippen LogP) is 5.55. The zero-order chi connectivity index (χ0) is 22.2. The summed E-state index contributed by atoms with van der Waals surface area (Å²) in [4.78, 5) is 12.2. The van der Waals surface area contributed by atoms with Gasteiger partial charge in [-0.3, -0.25) is 4.79 Å². The molecule has 0 saturated heterocycles. The molecule has 0 bridgehead atoms. The van der Waals surface area contributed by atoms with Crippen molar-refractivity contribution in [3.63, 3.8) is 0 Å². The second kappa shape index (κ2) is 10.8. The van der Waals surface area contributed by atoms with E-state index in [1.54, 1.807) is 24.3 Å². The largest absolute Gasteiger partial charge is 0.507 e. The van der Waals surface area contributed by atoms with Gasteiger partial charge < -0.3 is 14.6 Å². The number of nitrogens with one attached hydrogen (secondary N) is 1. The van der Waals surface area contributed by atoms with E-state index in [1.807, 2.05) is 31.2 Å². The number of halogens is 2. The van der Waals surface area contributed by atoms with Crippen molar-refractivity contribution in [3.8, 4) is 17.2 Å². The highest BCUT2D eigenvalue weighted by Gasteiger charge is 2.11. The summed E-state index contributed by atoms with van der Waals surface area (Å²) in [6.07, 6.45) is 1.48. The number of carbonyl (C=O) groups is 1. The van der Waals surface area contributed by atoms with Crippen LogP contribution in [0.4, 0.5) is 0 Å². The standard InChI is InChI=1S/C23H20BrClN2O4/c1-2-30-22-11-16(5-10-21(22)31-14-15-3-7-18(25)8-4-15)13-26-27-23(29)19-12-17(24)6-9-20(19)28/h3-13,28H,2,14H2,1H3,(H,27,29)/b26-13-. The molecule has 160 valence electrons. The molecule has 31 heavy (non-hydrogen) atoms. The molecule has 0 fully saturated rings. The molecule has 0 aliphatic rings. The highest BCUT2D eigenvalue weighted by Crippen LogP contribution is 2.29. The molecular formula is C23H20BrClN2O4. The van der Waals surface area contributed by atoms with E-state index in [-0.39, 0.29) is 11.3 Å². The van der Waals surface area contributed by atoms with Crippen LogP contribution in [-0.4, -0.2) is 23.8 Å². The molecule has 0 radical (unpaired) electrons. The molecule has 0 spiro atoms. The summed E-state index contributed by atoms with van der Waals surface area (Å²) in [6.45, 7) is 2.72. The minimum atomic E-state index is -0.525. The lowest BCUT2D eigenvalue weighted by atomic mass is 10.2. The summed E-state index contributed by atoms with van der Waals surface area (Å²) >= 11 is 9.18. The number of rotatable bonds is 8. The molecule has 0 unspecified atom stereocenters. The molecule has 0 heterocycles. The first-order valence-corrected chi connectivity index (χ1v) is 10.6. The molecule has 6 nitrogen and oxygen atoms in total. The third-order valence-electron chi connectivity index (χ3n) is 4.16. The Labute approximate surface area is 193 Å².